The molecule has 2 amide bonds. The highest BCUT2D eigenvalue weighted by Gasteiger charge is 2.16. The zero-order valence-corrected chi connectivity index (χ0v) is 12.5. The van der Waals surface area contributed by atoms with Crippen molar-refractivity contribution >= 4 is 11.8 Å². The number of benzene rings is 1. The summed E-state index contributed by atoms with van der Waals surface area (Å²) in [5, 5.41) is 5.33. The zero-order chi connectivity index (χ0) is 15.9. The number of nitrogens with one attached hydrogen (secondary N) is 2. The van der Waals surface area contributed by atoms with E-state index in [0.717, 1.165) is 0 Å². The van der Waals surface area contributed by atoms with Crippen LogP contribution < -0.4 is 15.4 Å². The van der Waals surface area contributed by atoms with E-state index in [1.165, 1.54) is 13.4 Å². The molecular formula is C16H18N2O4. The second-order valence-corrected chi connectivity index (χ2v) is 4.72. The molecule has 0 saturated carbocycles. The van der Waals surface area contributed by atoms with Gasteiger partial charge in [0.05, 0.1) is 19.9 Å². The molecule has 2 N–H and O–H groups in total. The molecule has 0 radical (unpaired) electrons. The highest BCUT2D eigenvalue weighted by Crippen LogP contribution is 2.12. The summed E-state index contributed by atoms with van der Waals surface area (Å²) in [6, 6.07) is 9.59. The molecule has 0 aliphatic rings. The Morgan fingerprint density at radius 3 is 2.77 bits per heavy atom. The minimum absolute atomic E-state index is 0.283. The average Bonchev–Trinajstić information content (AvgIpc) is 3.05. The van der Waals surface area contributed by atoms with E-state index in [1.807, 2.05) is 0 Å². The lowest BCUT2D eigenvalue weighted by atomic mass is 10.2. The minimum Gasteiger partial charge on any atom is -0.497 e. The molecule has 0 bridgehead atoms. The fourth-order valence-corrected chi connectivity index (χ4v) is 1.85. The van der Waals surface area contributed by atoms with Gasteiger partial charge < -0.3 is 19.8 Å². The van der Waals surface area contributed by atoms with E-state index in [9.17, 15) is 9.59 Å². The van der Waals surface area contributed by atoms with E-state index in [1.54, 1.807) is 43.3 Å². The fraction of sp³-hybridized carbons (Fsp3) is 0.250. The third-order valence-electron chi connectivity index (χ3n) is 3.09. The normalized spacial score (nSPS) is 11.5. The molecule has 6 nitrogen and oxygen atoms in total. The average molecular weight is 302 g/mol. The third-order valence-corrected chi connectivity index (χ3v) is 3.09. The quantitative estimate of drug-likeness (QED) is 0.851. The van der Waals surface area contributed by atoms with Gasteiger partial charge in [0.25, 0.3) is 5.91 Å². The van der Waals surface area contributed by atoms with Gasteiger partial charge in [-0.15, -0.1) is 0 Å². The maximum atomic E-state index is 12.1. The van der Waals surface area contributed by atoms with Crippen LogP contribution in [-0.2, 0) is 11.3 Å². The molecular weight excluding hydrogens is 284 g/mol. The molecule has 22 heavy (non-hydrogen) atoms. The second-order valence-electron chi connectivity index (χ2n) is 4.72. The molecule has 0 saturated heterocycles. The van der Waals surface area contributed by atoms with E-state index in [-0.39, 0.29) is 18.4 Å². The van der Waals surface area contributed by atoms with Crippen molar-refractivity contribution in [1.29, 1.82) is 0 Å². The standard InChI is InChI=1S/C16H18N2O4/c1-11(15(19)17-10-14-7-4-8-22-14)18-16(20)12-5-3-6-13(9-12)21-2/h3-9,11H,10H2,1-2H3,(H,17,19)(H,18,20)/t11-/m0/s1. The van der Waals surface area contributed by atoms with Gasteiger partial charge in [0.1, 0.15) is 17.6 Å². The van der Waals surface area contributed by atoms with E-state index >= 15 is 0 Å². The van der Waals surface area contributed by atoms with Crippen LogP contribution in [0.4, 0.5) is 0 Å². The lowest BCUT2D eigenvalue weighted by Crippen LogP contribution is -2.44. The summed E-state index contributed by atoms with van der Waals surface area (Å²) in [7, 11) is 1.53. The van der Waals surface area contributed by atoms with Gasteiger partial charge >= 0.3 is 0 Å². The van der Waals surface area contributed by atoms with E-state index in [0.29, 0.717) is 17.1 Å². The molecule has 6 heteroatoms. The molecule has 1 aromatic heterocycles. The molecule has 116 valence electrons. The molecule has 1 atom stereocenters. The van der Waals surface area contributed by atoms with Gasteiger partial charge in [0.15, 0.2) is 0 Å². The monoisotopic (exact) mass is 302 g/mol. The Morgan fingerprint density at radius 1 is 1.27 bits per heavy atom. The van der Waals surface area contributed by atoms with Crippen LogP contribution in [0.15, 0.2) is 47.1 Å². The smallest absolute Gasteiger partial charge is 0.252 e. The van der Waals surface area contributed by atoms with Crippen LogP contribution in [0.2, 0.25) is 0 Å². The first-order valence-electron chi connectivity index (χ1n) is 6.85. The summed E-state index contributed by atoms with van der Waals surface area (Å²) in [5.74, 6) is 0.620. The van der Waals surface area contributed by atoms with Crippen LogP contribution in [-0.4, -0.2) is 25.0 Å². The van der Waals surface area contributed by atoms with Crippen molar-refractivity contribution in [2.75, 3.05) is 7.11 Å². The van der Waals surface area contributed by atoms with Crippen molar-refractivity contribution in [2.45, 2.75) is 19.5 Å². The van der Waals surface area contributed by atoms with Crippen molar-refractivity contribution in [3.63, 3.8) is 0 Å². The number of ether oxygens (including phenoxy) is 1. The molecule has 0 spiro atoms. The van der Waals surface area contributed by atoms with Crippen molar-refractivity contribution < 1.29 is 18.7 Å². The van der Waals surface area contributed by atoms with Crippen LogP contribution in [0.1, 0.15) is 23.0 Å². The van der Waals surface area contributed by atoms with Gasteiger partial charge in [-0.25, -0.2) is 0 Å². The molecule has 0 fully saturated rings. The summed E-state index contributed by atoms with van der Waals surface area (Å²) in [5.41, 5.74) is 0.435. The van der Waals surface area contributed by atoms with Crippen LogP contribution in [0, 0.1) is 0 Å². The summed E-state index contributed by atoms with van der Waals surface area (Å²) in [6.45, 7) is 1.90. The number of carbonyl (C=O) groups is 2. The lowest BCUT2D eigenvalue weighted by molar-refractivity contribution is -0.122. The predicted octanol–water partition coefficient (Wildman–Crippen LogP) is 1.72. The number of rotatable bonds is 6. The maximum Gasteiger partial charge on any atom is 0.252 e. The number of carbonyl (C=O) groups excluding carboxylic acids is 2. The molecule has 1 aromatic carbocycles. The first-order valence-corrected chi connectivity index (χ1v) is 6.85. The van der Waals surface area contributed by atoms with Gasteiger partial charge in [-0.2, -0.15) is 0 Å². The maximum absolute atomic E-state index is 12.1. The summed E-state index contributed by atoms with van der Waals surface area (Å²) in [6.07, 6.45) is 1.54. The van der Waals surface area contributed by atoms with Gasteiger partial charge in [-0.3, -0.25) is 9.59 Å². The van der Waals surface area contributed by atoms with Gasteiger partial charge in [0.2, 0.25) is 5.91 Å². The molecule has 1 heterocycles. The van der Waals surface area contributed by atoms with Gasteiger partial charge in [-0.1, -0.05) is 6.07 Å². The Balaban J connectivity index is 1.88. The second kappa shape index (κ2) is 7.31. The molecule has 0 aliphatic carbocycles. The highest BCUT2D eigenvalue weighted by molar-refractivity contribution is 5.97. The van der Waals surface area contributed by atoms with Crippen molar-refractivity contribution in [2.24, 2.45) is 0 Å². The Hall–Kier alpha value is -2.76. The number of amides is 2. The van der Waals surface area contributed by atoms with Crippen molar-refractivity contribution in [1.82, 2.24) is 10.6 Å². The first kappa shape index (κ1) is 15.6. The number of hydrogen-bond acceptors (Lipinski definition) is 4. The predicted molar refractivity (Wildman–Crippen MR) is 80.5 cm³/mol. The molecule has 2 aromatic rings. The molecule has 0 unspecified atom stereocenters. The van der Waals surface area contributed by atoms with Crippen molar-refractivity contribution in [3.05, 3.63) is 54.0 Å². The minimum atomic E-state index is -0.659. The van der Waals surface area contributed by atoms with Crippen LogP contribution in [0.25, 0.3) is 0 Å². The Morgan fingerprint density at radius 2 is 2.09 bits per heavy atom. The lowest BCUT2D eigenvalue weighted by Gasteiger charge is -2.14. The molecule has 0 aliphatic heterocycles. The van der Waals surface area contributed by atoms with Gasteiger partial charge in [0, 0.05) is 5.56 Å². The Bertz CT molecular complexity index is 637. The summed E-state index contributed by atoms with van der Waals surface area (Å²) >= 11 is 0. The largest absolute Gasteiger partial charge is 0.497 e. The van der Waals surface area contributed by atoms with Crippen molar-refractivity contribution in [3.8, 4) is 5.75 Å². The third kappa shape index (κ3) is 4.12. The highest BCUT2D eigenvalue weighted by atomic mass is 16.5. The van der Waals surface area contributed by atoms with Gasteiger partial charge in [-0.05, 0) is 37.3 Å². The Labute approximate surface area is 128 Å². The van der Waals surface area contributed by atoms with Crippen LogP contribution in [0.3, 0.4) is 0 Å². The summed E-state index contributed by atoms with van der Waals surface area (Å²) in [4.78, 5) is 24.0. The number of hydrogen-bond donors (Lipinski definition) is 2. The SMILES string of the molecule is COc1cccc(C(=O)N[C@@H](C)C(=O)NCc2ccco2)c1. The van der Waals surface area contributed by atoms with Crippen LogP contribution in [0.5, 0.6) is 5.75 Å². The molecule has 2 rings (SSSR count). The van der Waals surface area contributed by atoms with E-state index in [4.69, 9.17) is 9.15 Å². The van der Waals surface area contributed by atoms with Crippen LogP contribution >= 0.6 is 0 Å². The van der Waals surface area contributed by atoms with E-state index in [2.05, 4.69) is 10.6 Å². The first-order chi connectivity index (χ1) is 10.6. The fourth-order valence-electron chi connectivity index (χ4n) is 1.85. The Kier molecular flexibility index (Phi) is 5.19. The zero-order valence-electron chi connectivity index (χ0n) is 12.5. The summed E-state index contributed by atoms with van der Waals surface area (Å²) < 4.78 is 10.2. The van der Waals surface area contributed by atoms with E-state index < -0.39 is 6.04 Å². The topological polar surface area (TPSA) is 80.6 Å². The number of methoxy groups -OCH3 is 1. The number of furan rings is 1.